The van der Waals surface area contributed by atoms with Gasteiger partial charge >= 0.3 is 0 Å². The SMILES string of the molecule is O=c1ccnc2ccn(-c3ccccc3)n12. The number of fused-ring (bicyclic) bond motifs is 1. The average Bonchev–Trinajstić information content (AvgIpc) is 2.75. The molecule has 0 radical (unpaired) electrons. The largest absolute Gasteiger partial charge is 0.273 e. The number of hydrogen-bond donors (Lipinski definition) is 0. The predicted molar refractivity (Wildman–Crippen MR) is 60.8 cm³/mol. The van der Waals surface area contributed by atoms with Gasteiger partial charge in [0.15, 0.2) is 5.65 Å². The number of para-hydroxylation sites is 1. The highest BCUT2D eigenvalue weighted by Crippen LogP contribution is 2.07. The Morgan fingerprint density at radius 2 is 1.81 bits per heavy atom. The Morgan fingerprint density at radius 3 is 2.62 bits per heavy atom. The van der Waals surface area contributed by atoms with Crippen molar-refractivity contribution in [2.24, 2.45) is 0 Å². The molecule has 3 aromatic rings. The number of aromatic nitrogens is 3. The fraction of sp³-hybridized carbons (Fsp3) is 0. The van der Waals surface area contributed by atoms with Crippen molar-refractivity contribution in [3.63, 3.8) is 0 Å². The highest BCUT2D eigenvalue weighted by atomic mass is 16.1. The average molecular weight is 211 g/mol. The van der Waals surface area contributed by atoms with Gasteiger partial charge in [0.25, 0.3) is 5.56 Å². The molecule has 4 heteroatoms. The molecule has 2 heterocycles. The van der Waals surface area contributed by atoms with Gasteiger partial charge in [0.2, 0.25) is 0 Å². The van der Waals surface area contributed by atoms with E-state index in [1.54, 1.807) is 4.68 Å². The van der Waals surface area contributed by atoms with Gasteiger partial charge in [0.1, 0.15) is 0 Å². The van der Waals surface area contributed by atoms with Crippen LogP contribution in [0, 0.1) is 0 Å². The Morgan fingerprint density at radius 1 is 1.00 bits per heavy atom. The number of nitrogens with zero attached hydrogens (tertiary/aromatic N) is 3. The van der Waals surface area contributed by atoms with Gasteiger partial charge in [-0.15, -0.1) is 0 Å². The van der Waals surface area contributed by atoms with Crippen molar-refractivity contribution in [2.45, 2.75) is 0 Å². The van der Waals surface area contributed by atoms with E-state index in [9.17, 15) is 4.79 Å². The van der Waals surface area contributed by atoms with Crippen LogP contribution in [0.3, 0.4) is 0 Å². The molecule has 0 amide bonds. The van der Waals surface area contributed by atoms with Crippen LogP contribution in [0.4, 0.5) is 0 Å². The molecule has 16 heavy (non-hydrogen) atoms. The van der Waals surface area contributed by atoms with Crippen LogP contribution in [0.25, 0.3) is 11.3 Å². The number of rotatable bonds is 1. The first-order valence-corrected chi connectivity index (χ1v) is 4.97. The lowest BCUT2D eigenvalue weighted by Gasteiger charge is -2.04. The van der Waals surface area contributed by atoms with Crippen molar-refractivity contribution >= 4 is 5.65 Å². The van der Waals surface area contributed by atoms with Crippen LogP contribution in [0.5, 0.6) is 0 Å². The Balaban J connectivity index is 2.38. The van der Waals surface area contributed by atoms with E-state index in [1.165, 1.54) is 16.8 Å². The summed E-state index contributed by atoms with van der Waals surface area (Å²) in [7, 11) is 0. The van der Waals surface area contributed by atoms with Crippen molar-refractivity contribution in [2.75, 3.05) is 0 Å². The summed E-state index contributed by atoms with van der Waals surface area (Å²) in [5.74, 6) is 0. The van der Waals surface area contributed by atoms with Gasteiger partial charge < -0.3 is 0 Å². The summed E-state index contributed by atoms with van der Waals surface area (Å²) in [6.45, 7) is 0. The van der Waals surface area contributed by atoms with E-state index in [2.05, 4.69) is 4.98 Å². The Labute approximate surface area is 91.4 Å². The third kappa shape index (κ3) is 1.24. The first-order valence-electron chi connectivity index (χ1n) is 4.97. The summed E-state index contributed by atoms with van der Waals surface area (Å²) in [5, 5.41) is 0. The maximum Gasteiger partial charge on any atom is 0.273 e. The Hall–Kier alpha value is -2.36. The van der Waals surface area contributed by atoms with E-state index >= 15 is 0 Å². The second kappa shape index (κ2) is 3.34. The van der Waals surface area contributed by atoms with Crippen molar-refractivity contribution < 1.29 is 0 Å². The minimum Gasteiger partial charge on any atom is -0.267 e. The molecule has 3 rings (SSSR count). The molecule has 1 aromatic carbocycles. The summed E-state index contributed by atoms with van der Waals surface area (Å²) in [4.78, 5) is 15.9. The molecule has 0 bridgehead atoms. The van der Waals surface area contributed by atoms with Crippen molar-refractivity contribution in [1.82, 2.24) is 14.2 Å². The van der Waals surface area contributed by atoms with Crippen LogP contribution >= 0.6 is 0 Å². The normalized spacial score (nSPS) is 10.8. The van der Waals surface area contributed by atoms with Gasteiger partial charge in [0.05, 0.1) is 5.69 Å². The molecule has 0 N–H and O–H groups in total. The summed E-state index contributed by atoms with van der Waals surface area (Å²) < 4.78 is 3.32. The van der Waals surface area contributed by atoms with E-state index in [0.717, 1.165) is 5.69 Å². The molecule has 0 atom stereocenters. The van der Waals surface area contributed by atoms with E-state index in [1.807, 2.05) is 42.6 Å². The van der Waals surface area contributed by atoms with Gasteiger partial charge in [0, 0.05) is 24.5 Å². The molecule has 78 valence electrons. The lowest BCUT2D eigenvalue weighted by Crippen LogP contribution is -2.18. The van der Waals surface area contributed by atoms with Crippen LogP contribution < -0.4 is 5.56 Å². The highest BCUT2D eigenvalue weighted by molar-refractivity contribution is 5.40. The fourth-order valence-electron chi connectivity index (χ4n) is 1.73. The van der Waals surface area contributed by atoms with Crippen molar-refractivity contribution in [3.05, 3.63) is 65.2 Å². The van der Waals surface area contributed by atoms with Gasteiger partial charge in [-0.05, 0) is 12.1 Å². The Kier molecular flexibility index (Phi) is 1.86. The van der Waals surface area contributed by atoms with E-state index in [0.29, 0.717) is 5.65 Å². The number of hydrogen-bond acceptors (Lipinski definition) is 2. The molecular formula is C12H9N3O. The fourth-order valence-corrected chi connectivity index (χ4v) is 1.73. The summed E-state index contributed by atoms with van der Waals surface area (Å²) in [6, 6.07) is 13.0. The highest BCUT2D eigenvalue weighted by Gasteiger charge is 2.03. The smallest absolute Gasteiger partial charge is 0.267 e. The predicted octanol–water partition coefficient (Wildman–Crippen LogP) is 1.49. The van der Waals surface area contributed by atoms with Crippen LogP contribution in [0.2, 0.25) is 0 Å². The molecule has 4 nitrogen and oxygen atoms in total. The molecule has 0 saturated heterocycles. The van der Waals surface area contributed by atoms with Gasteiger partial charge in [-0.2, -0.15) is 4.52 Å². The lowest BCUT2D eigenvalue weighted by atomic mass is 10.3. The van der Waals surface area contributed by atoms with Crippen molar-refractivity contribution in [1.29, 1.82) is 0 Å². The molecular weight excluding hydrogens is 202 g/mol. The van der Waals surface area contributed by atoms with Gasteiger partial charge in [-0.3, -0.25) is 9.48 Å². The van der Waals surface area contributed by atoms with Crippen LogP contribution in [-0.4, -0.2) is 14.2 Å². The topological polar surface area (TPSA) is 39.3 Å². The minimum atomic E-state index is -0.0844. The molecule has 2 aromatic heterocycles. The monoisotopic (exact) mass is 211 g/mol. The second-order valence-corrected chi connectivity index (χ2v) is 3.45. The van der Waals surface area contributed by atoms with Gasteiger partial charge in [-0.25, -0.2) is 4.98 Å². The minimum absolute atomic E-state index is 0.0844. The van der Waals surface area contributed by atoms with Gasteiger partial charge in [-0.1, -0.05) is 18.2 Å². The van der Waals surface area contributed by atoms with E-state index in [-0.39, 0.29) is 5.56 Å². The van der Waals surface area contributed by atoms with E-state index < -0.39 is 0 Å². The lowest BCUT2D eigenvalue weighted by molar-refractivity contribution is 0.764. The first-order chi connectivity index (χ1) is 7.86. The summed E-state index contributed by atoms with van der Waals surface area (Å²) >= 11 is 0. The molecule has 0 aliphatic rings. The molecule has 0 aliphatic carbocycles. The quantitative estimate of drug-likeness (QED) is 0.611. The second-order valence-electron chi connectivity index (χ2n) is 3.45. The zero-order chi connectivity index (χ0) is 11.0. The third-order valence-corrected chi connectivity index (χ3v) is 2.45. The van der Waals surface area contributed by atoms with E-state index in [4.69, 9.17) is 0 Å². The maximum atomic E-state index is 11.7. The van der Waals surface area contributed by atoms with Crippen LogP contribution in [-0.2, 0) is 0 Å². The zero-order valence-corrected chi connectivity index (χ0v) is 8.45. The molecule has 0 fully saturated rings. The molecule has 0 saturated carbocycles. The first kappa shape index (κ1) is 8.91. The molecule has 0 unspecified atom stereocenters. The summed E-state index contributed by atoms with van der Waals surface area (Å²) in [6.07, 6.45) is 3.35. The van der Waals surface area contributed by atoms with Crippen LogP contribution in [0.15, 0.2) is 59.7 Å². The Bertz CT molecular complexity index is 682. The standard InChI is InChI=1S/C12H9N3O/c16-12-6-8-13-11-7-9-14(15(11)12)10-4-2-1-3-5-10/h1-9H. The molecule has 0 spiro atoms. The third-order valence-electron chi connectivity index (χ3n) is 2.45. The maximum absolute atomic E-state index is 11.7. The van der Waals surface area contributed by atoms with Crippen LogP contribution in [0.1, 0.15) is 0 Å². The number of benzene rings is 1. The zero-order valence-electron chi connectivity index (χ0n) is 8.45. The molecule has 0 aliphatic heterocycles. The van der Waals surface area contributed by atoms with Crippen molar-refractivity contribution in [3.8, 4) is 5.69 Å². The summed E-state index contributed by atoms with van der Waals surface area (Å²) in [5.41, 5.74) is 1.50.